The molecule has 86 valence electrons. The van der Waals surface area contributed by atoms with Crippen LogP contribution < -0.4 is 11.3 Å². The van der Waals surface area contributed by atoms with Gasteiger partial charge in [0.05, 0.1) is 11.2 Å². The topological polar surface area (TPSA) is 71.8 Å². The number of hydrogen-bond donors (Lipinski definition) is 2. The fourth-order valence-electron chi connectivity index (χ4n) is 1.82. The van der Waals surface area contributed by atoms with Crippen molar-refractivity contribution in [1.82, 2.24) is 9.97 Å². The molecular weight excluding hydrogens is 214 g/mol. The van der Waals surface area contributed by atoms with Crippen molar-refractivity contribution in [2.75, 3.05) is 0 Å². The number of aromatic amines is 1. The highest BCUT2D eigenvalue weighted by Gasteiger charge is 2.42. The van der Waals surface area contributed by atoms with Crippen molar-refractivity contribution in [2.24, 2.45) is 5.73 Å². The molecule has 17 heavy (non-hydrogen) atoms. The highest BCUT2D eigenvalue weighted by atomic mass is 16.1. The molecular formula is C13H13N3O. The molecule has 1 aliphatic carbocycles. The van der Waals surface area contributed by atoms with E-state index in [1.165, 1.54) is 6.07 Å². The van der Waals surface area contributed by atoms with Gasteiger partial charge in [0.15, 0.2) is 0 Å². The van der Waals surface area contributed by atoms with E-state index in [4.69, 9.17) is 5.73 Å². The Bertz CT molecular complexity index is 600. The summed E-state index contributed by atoms with van der Waals surface area (Å²) in [4.78, 5) is 18.8. The Kier molecular flexibility index (Phi) is 2.12. The van der Waals surface area contributed by atoms with Crippen LogP contribution in [0.2, 0.25) is 0 Å². The maximum absolute atomic E-state index is 11.6. The van der Waals surface area contributed by atoms with Crippen LogP contribution >= 0.6 is 0 Å². The van der Waals surface area contributed by atoms with Gasteiger partial charge in [-0.15, -0.1) is 0 Å². The second-order valence-corrected chi connectivity index (χ2v) is 4.50. The summed E-state index contributed by atoms with van der Waals surface area (Å²) in [5, 5.41) is 0. The number of H-pyrrole nitrogens is 1. The van der Waals surface area contributed by atoms with E-state index in [2.05, 4.69) is 9.97 Å². The molecule has 1 aromatic carbocycles. The lowest BCUT2D eigenvalue weighted by Gasteiger charge is -2.09. The van der Waals surface area contributed by atoms with Gasteiger partial charge in [0, 0.05) is 11.6 Å². The first-order valence-electron chi connectivity index (χ1n) is 5.64. The summed E-state index contributed by atoms with van der Waals surface area (Å²) in [6.45, 7) is 0. The van der Waals surface area contributed by atoms with Gasteiger partial charge in [0.25, 0.3) is 5.56 Å². The molecule has 0 atom stereocenters. The smallest absolute Gasteiger partial charge is 0.251 e. The van der Waals surface area contributed by atoms with Crippen LogP contribution in [-0.2, 0) is 5.54 Å². The Morgan fingerprint density at radius 1 is 1.24 bits per heavy atom. The van der Waals surface area contributed by atoms with Gasteiger partial charge >= 0.3 is 0 Å². The average molecular weight is 227 g/mol. The van der Waals surface area contributed by atoms with Gasteiger partial charge in [-0.05, 0) is 12.8 Å². The van der Waals surface area contributed by atoms with Gasteiger partial charge in [-0.2, -0.15) is 0 Å². The van der Waals surface area contributed by atoms with E-state index in [0.29, 0.717) is 11.5 Å². The number of hydrogen-bond acceptors (Lipinski definition) is 3. The monoisotopic (exact) mass is 227 g/mol. The predicted octanol–water partition coefficient (Wildman–Crippen LogP) is 1.38. The van der Waals surface area contributed by atoms with Gasteiger partial charge in [-0.3, -0.25) is 4.79 Å². The quantitative estimate of drug-likeness (QED) is 0.814. The van der Waals surface area contributed by atoms with Crippen LogP contribution in [0.25, 0.3) is 11.3 Å². The number of rotatable bonds is 2. The van der Waals surface area contributed by atoms with E-state index in [1.54, 1.807) is 0 Å². The van der Waals surface area contributed by atoms with Crippen LogP contribution in [0.3, 0.4) is 0 Å². The van der Waals surface area contributed by atoms with Crippen molar-refractivity contribution in [2.45, 2.75) is 18.4 Å². The maximum Gasteiger partial charge on any atom is 0.251 e. The highest BCUT2D eigenvalue weighted by molar-refractivity contribution is 5.58. The largest absolute Gasteiger partial charge is 0.319 e. The van der Waals surface area contributed by atoms with Gasteiger partial charge in [-0.25, -0.2) is 4.98 Å². The minimum atomic E-state index is -0.413. The van der Waals surface area contributed by atoms with Crippen molar-refractivity contribution in [3.8, 4) is 11.3 Å². The minimum Gasteiger partial charge on any atom is -0.319 e. The van der Waals surface area contributed by atoms with E-state index in [-0.39, 0.29) is 5.56 Å². The maximum atomic E-state index is 11.6. The number of nitrogens with one attached hydrogen (secondary N) is 1. The summed E-state index contributed by atoms with van der Waals surface area (Å²) in [5.74, 6) is 0.601. The van der Waals surface area contributed by atoms with Crippen LogP contribution in [0.5, 0.6) is 0 Å². The highest BCUT2D eigenvalue weighted by Crippen LogP contribution is 2.40. The first-order chi connectivity index (χ1) is 8.17. The fraction of sp³-hybridized carbons (Fsp3) is 0.231. The summed E-state index contributed by atoms with van der Waals surface area (Å²) in [7, 11) is 0. The Morgan fingerprint density at radius 3 is 2.59 bits per heavy atom. The third-order valence-electron chi connectivity index (χ3n) is 3.07. The minimum absolute atomic E-state index is 0.148. The molecule has 3 rings (SSSR count). The van der Waals surface area contributed by atoms with Crippen molar-refractivity contribution in [3.63, 3.8) is 0 Å². The first kappa shape index (κ1) is 10.2. The second-order valence-electron chi connectivity index (χ2n) is 4.50. The zero-order valence-corrected chi connectivity index (χ0v) is 9.31. The third kappa shape index (κ3) is 1.87. The Labute approximate surface area is 98.5 Å². The molecule has 2 aromatic rings. The number of nitrogens with two attached hydrogens (primary N) is 1. The van der Waals surface area contributed by atoms with Crippen LogP contribution in [-0.4, -0.2) is 9.97 Å². The van der Waals surface area contributed by atoms with Crippen LogP contribution in [0, 0.1) is 0 Å². The molecule has 4 heteroatoms. The van der Waals surface area contributed by atoms with E-state index in [0.717, 1.165) is 18.4 Å². The molecule has 0 bridgehead atoms. The second kappa shape index (κ2) is 3.53. The molecule has 1 heterocycles. The van der Waals surface area contributed by atoms with Crippen molar-refractivity contribution >= 4 is 0 Å². The first-order valence-corrected chi connectivity index (χ1v) is 5.64. The lowest BCUT2D eigenvalue weighted by atomic mass is 10.1. The third-order valence-corrected chi connectivity index (χ3v) is 3.07. The summed E-state index contributed by atoms with van der Waals surface area (Å²) in [5.41, 5.74) is 7.11. The molecule has 0 amide bonds. The van der Waals surface area contributed by atoms with Crippen LogP contribution in [0.15, 0.2) is 41.2 Å². The molecule has 4 nitrogen and oxygen atoms in total. The average Bonchev–Trinajstić information content (AvgIpc) is 3.09. The zero-order valence-electron chi connectivity index (χ0n) is 9.31. The molecule has 0 unspecified atom stereocenters. The lowest BCUT2D eigenvalue weighted by Crippen LogP contribution is -2.26. The van der Waals surface area contributed by atoms with Gasteiger partial charge in [-0.1, -0.05) is 30.3 Å². The molecule has 0 saturated heterocycles. The van der Waals surface area contributed by atoms with Crippen LogP contribution in [0.4, 0.5) is 0 Å². The fourth-order valence-corrected chi connectivity index (χ4v) is 1.82. The molecule has 1 aromatic heterocycles. The molecule has 1 aliphatic rings. The number of nitrogens with zero attached hydrogens (tertiary/aromatic N) is 1. The van der Waals surface area contributed by atoms with Gasteiger partial charge < -0.3 is 10.7 Å². The lowest BCUT2D eigenvalue weighted by molar-refractivity contribution is 0.668. The predicted molar refractivity (Wildman–Crippen MR) is 65.4 cm³/mol. The molecule has 1 fully saturated rings. The van der Waals surface area contributed by atoms with Gasteiger partial charge in [0.2, 0.25) is 0 Å². The summed E-state index contributed by atoms with van der Waals surface area (Å²) >= 11 is 0. The Balaban J connectivity index is 2.12. The molecule has 3 N–H and O–H groups in total. The van der Waals surface area contributed by atoms with E-state index in [1.807, 2.05) is 30.3 Å². The van der Waals surface area contributed by atoms with E-state index in [9.17, 15) is 4.79 Å². The van der Waals surface area contributed by atoms with E-state index >= 15 is 0 Å². The molecule has 1 saturated carbocycles. The zero-order chi connectivity index (χ0) is 11.9. The van der Waals surface area contributed by atoms with Crippen molar-refractivity contribution in [3.05, 3.63) is 52.6 Å². The van der Waals surface area contributed by atoms with Crippen molar-refractivity contribution < 1.29 is 0 Å². The van der Waals surface area contributed by atoms with E-state index < -0.39 is 5.54 Å². The molecule has 0 aliphatic heterocycles. The summed E-state index contributed by atoms with van der Waals surface area (Å²) in [6, 6.07) is 11.1. The Hall–Kier alpha value is -1.94. The van der Waals surface area contributed by atoms with Crippen LogP contribution in [0.1, 0.15) is 18.7 Å². The summed E-state index contributed by atoms with van der Waals surface area (Å²) in [6.07, 6.45) is 1.77. The van der Waals surface area contributed by atoms with Crippen molar-refractivity contribution in [1.29, 1.82) is 0 Å². The number of benzene rings is 1. The van der Waals surface area contributed by atoms with Gasteiger partial charge in [0.1, 0.15) is 5.82 Å². The Morgan fingerprint density at radius 2 is 1.94 bits per heavy atom. The molecule has 0 radical (unpaired) electrons. The number of aromatic nitrogens is 2. The summed E-state index contributed by atoms with van der Waals surface area (Å²) < 4.78 is 0. The standard InChI is InChI=1S/C13H13N3O/c14-13(6-7-13)12-15-10(8-11(17)16-12)9-4-2-1-3-5-9/h1-5,8H,6-7,14H2,(H,15,16,17). The normalized spacial score (nSPS) is 16.8. The SMILES string of the molecule is NC1(c2nc(-c3ccccc3)cc(=O)[nH]2)CC1. The molecule has 0 spiro atoms.